The van der Waals surface area contributed by atoms with Crippen LogP contribution in [0.1, 0.15) is 76.4 Å². The Labute approximate surface area is 202 Å². The number of aliphatic hydroxyl groups is 1. The van der Waals surface area contributed by atoms with Gasteiger partial charge in [-0.2, -0.15) is 0 Å². The van der Waals surface area contributed by atoms with E-state index in [0.717, 1.165) is 60.3 Å². The third-order valence-electron chi connectivity index (χ3n) is 7.42. The molecule has 184 valence electrons. The molecule has 8 nitrogen and oxygen atoms in total. The summed E-state index contributed by atoms with van der Waals surface area (Å²) in [5.74, 6) is -0.723. The molecule has 0 saturated heterocycles. The van der Waals surface area contributed by atoms with Crippen LogP contribution in [0.3, 0.4) is 0 Å². The fourth-order valence-corrected chi connectivity index (χ4v) is 6.42. The number of fused-ring (bicyclic) bond motifs is 2. The van der Waals surface area contributed by atoms with Gasteiger partial charge < -0.3 is 16.2 Å². The molecule has 4 N–H and O–H groups in total. The van der Waals surface area contributed by atoms with Crippen LogP contribution in [-0.4, -0.2) is 36.6 Å². The molecule has 9 heteroatoms. The standard InChI is InChI=1S/C25H34N4O4S/c1-23(2)12-11-16-19(15-7-6-8-18(15)27-20(16)23)28-22(31)29-34(33)25(5)13-14(24(3,4)32)9-10-17(25)21(26)30/h9-10,32,34H,6-8,11-13H2,1-5H3,(H2,26,30)(H,27,28,31). The molecule has 3 aliphatic carbocycles. The number of urea groups is 1. The first-order valence-electron chi connectivity index (χ1n) is 11.7. The number of hydrogen-bond donors (Lipinski definition) is 4. The molecule has 1 heterocycles. The number of carbonyl (C=O) groups excluding carboxylic acids is 2. The Morgan fingerprint density at radius 1 is 1.18 bits per heavy atom. The summed E-state index contributed by atoms with van der Waals surface area (Å²) in [6, 6.07) is -0.710. The molecular formula is C25H34N4O4S. The lowest BCUT2D eigenvalue weighted by Crippen LogP contribution is -2.41. The van der Waals surface area contributed by atoms with Crippen molar-refractivity contribution in [2.45, 2.75) is 88.9 Å². The predicted molar refractivity (Wildman–Crippen MR) is 133 cm³/mol. The van der Waals surface area contributed by atoms with Gasteiger partial charge in [0.25, 0.3) is 0 Å². The first-order valence-corrected chi connectivity index (χ1v) is 12.9. The molecule has 3 amide bonds. The number of carbonyl (C=O) groups is 2. The molecule has 0 spiro atoms. The van der Waals surface area contributed by atoms with Crippen molar-refractivity contribution >= 4 is 28.2 Å². The lowest BCUT2D eigenvalue weighted by Gasteiger charge is -2.34. The third kappa shape index (κ3) is 4.20. The second-order valence-corrected chi connectivity index (χ2v) is 12.7. The van der Waals surface area contributed by atoms with Crippen LogP contribution < -0.4 is 11.1 Å². The van der Waals surface area contributed by atoms with Gasteiger partial charge in [0, 0.05) is 16.7 Å². The fraction of sp³-hybridized carbons (Fsp3) is 0.560. The molecular weight excluding hydrogens is 452 g/mol. The van der Waals surface area contributed by atoms with E-state index in [-0.39, 0.29) is 17.4 Å². The number of amides is 3. The number of nitrogens with zero attached hydrogens (tertiary/aromatic N) is 2. The zero-order valence-electron chi connectivity index (χ0n) is 20.5. The van der Waals surface area contributed by atoms with Crippen LogP contribution in [0.4, 0.5) is 10.5 Å². The maximum absolute atomic E-state index is 13.4. The van der Waals surface area contributed by atoms with E-state index < -0.39 is 32.9 Å². The van der Waals surface area contributed by atoms with Crippen LogP contribution in [0.25, 0.3) is 0 Å². The highest BCUT2D eigenvalue weighted by Gasteiger charge is 2.41. The van der Waals surface area contributed by atoms with Gasteiger partial charge in [0.2, 0.25) is 5.91 Å². The van der Waals surface area contributed by atoms with E-state index in [1.165, 1.54) is 6.08 Å². The second-order valence-electron chi connectivity index (χ2n) is 10.9. The zero-order chi connectivity index (χ0) is 25.1. The number of aryl methyl sites for hydroxylation is 1. The molecule has 2 unspecified atom stereocenters. The maximum Gasteiger partial charge on any atom is 0.353 e. The predicted octanol–water partition coefficient (Wildman–Crippen LogP) is 3.26. The van der Waals surface area contributed by atoms with Crippen LogP contribution in [0.15, 0.2) is 27.7 Å². The summed E-state index contributed by atoms with van der Waals surface area (Å²) in [6.07, 6.45) is 7.66. The smallest absolute Gasteiger partial charge is 0.353 e. The van der Waals surface area contributed by atoms with Gasteiger partial charge in [0.05, 0.1) is 32.3 Å². The number of nitrogens with one attached hydrogen (secondary N) is 1. The molecule has 34 heavy (non-hydrogen) atoms. The van der Waals surface area contributed by atoms with Gasteiger partial charge in [0.15, 0.2) is 0 Å². The minimum atomic E-state index is -2.57. The number of rotatable bonds is 4. The van der Waals surface area contributed by atoms with Crippen LogP contribution in [0.2, 0.25) is 0 Å². The molecule has 0 aliphatic heterocycles. The Morgan fingerprint density at radius 3 is 2.53 bits per heavy atom. The largest absolute Gasteiger partial charge is 0.386 e. The van der Waals surface area contributed by atoms with Crippen LogP contribution in [0, 0.1) is 0 Å². The Hall–Kier alpha value is -2.52. The van der Waals surface area contributed by atoms with E-state index in [9.17, 15) is 18.9 Å². The van der Waals surface area contributed by atoms with Crippen molar-refractivity contribution in [2.24, 2.45) is 10.1 Å². The summed E-state index contributed by atoms with van der Waals surface area (Å²) >= 11 is 0. The number of pyridine rings is 1. The van der Waals surface area contributed by atoms with Gasteiger partial charge in [-0.3, -0.25) is 14.0 Å². The minimum absolute atomic E-state index is 0.0642. The van der Waals surface area contributed by atoms with Crippen molar-refractivity contribution in [3.63, 3.8) is 0 Å². The van der Waals surface area contributed by atoms with Crippen molar-refractivity contribution in [3.8, 4) is 0 Å². The van der Waals surface area contributed by atoms with Crippen LogP contribution in [-0.2, 0) is 40.1 Å². The highest BCUT2D eigenvalue weighted by Crippen LogP contribution is 2.44. The van der Waals surface area contributed by atoms with Crippen molar-refractivity contribution < 1.29 is 18.9 Å². The summed E-state index contributed by atoms with van der Waals surface area (Å²) in [5, 5.41) is 13.4. The third-order valence-corrected chi connectivity index (χ3v) is 9.03. The summed E-state index contributed by atoms with van der Waals surface area (Å²) in [4.78, 5) is 30.1. The highest BCUT2D eigenvalue weighted by atomic mass is 32.2. The number of hydrogen-bond acceptors (Lipinski definition) is 5. The van der Waals surface area contributed by atoms with E-state index in [0.29, 0.717) is 5.57 Å². The van der Waals surface area contributed by atoms with Crippen molar-refractivity contribution in [3.05, 3.63) is 45.8 Å². The van der Waals surface area contributed by atoms with Crippen LogP contribution >= 0.6 is 0 Å². The van der Waals surface area contributed by atoms with E-state index >= 15 is 0 Å². The number of nitrogens with two attached hydrogens (primary N) is 1. The molecule has 2 atom stereocenters. The minimum Gasteiger partial charge on any atom is -0.386 e. The number of thiol groups is 1. The Bertz CT molecular complexity index is 1230. The number of aromatic nitrogens is 1. The normalized spacial score (nSPS) is 24.2. The first kappa shape index (κ1) is 24.6. The van der Waals surface area contributed by atoms with Crippen molar-refractivity contribution in [1.29, 1.82) is 0 Å². The number of allylic oxidation sites excluding steroid dienone is 2. The van der Waals surface area contributed by atoms with Crippen LogP contribution in [0.5, 0.6) is 0 Å². The molecule has 4 rings (SSSR count). The van der Waals surface area contributed by atoms with Gasteiger partial charge in [0.1, 0.15) is 0 Å². The monoisotopic (exact) mass is 486 g/mol. The van der Waals surface area contributed by atoms with E-state index in [1.807, 2.05) is 0 Å². The molecule has 1 aromatic rings. The van der Waals surface area contributed by atoms with E-state index in [1.54, 1.807) is 26.8 Å². The zero-order valence-corrected chi connectivity index (χ0v) is 21.4. The Morgan fingerprint density at radius 2 is 1.88 bits per heavy atom. The average molecular weight is 487 g/mol. The van der Waals surface area contributed by atoms with Crippen molar-refractivity contribution in [1.82, 2.24) is 4.98 Å². The first-order chi connectivity index (χ1) is 15.7. The lowest BCUT2D eigenvalue weighted by atomic mass is 9.81. The highest BCUT2D eigenvalue weighted by molar-refractivity contribution is 7.77. The number of primary amides is 1. The Balaban J connectivity index is 1.69. The molecule has 3 aliphatic rings. The topological polar surface area (TPSA) is 135 Å². The SMILES string of the molecule is CC(C)(O)C1=CC=C(C(N)=O)C(C)(/[SH](=O)=N/C(=O)Nc2c3c(nc4c2CCC4(C)C)CCC3)C1. The molecule has 1 aromatic heterocycles. The molecule has 0 aromatic carbocycles. The summed E-state index contributed by atoms with van der Waals surface area (Å²) in [5.41, 5.74) is 9.93. The molecule has 0 bridgehead atoms. The van der Waals surface area contributed by atoms with Crippen molar-refractivity contribution in [2.75, 3.05) is 5.32 Å². The quantitative estimate of drug-likeness (QED) is 0.485. The maximum atomic E-state index is 13.4. The molecule has 0 saturated carbocycles. The van der Waals surface area contributed by atoms with E-state index in [4.69, 9.17) is 10.7 Å². The van der Waals surface area contributed by atoms with Gasteiger partial charge in [-0.05, 0) is 76.0 Å². The van der Waals surface area contributed by atoms with Gasteiger partial charge >= 0.3 is 6.03 Å². The Kier molecular flexibility index (Phi) is 6.01. The second kappa shape index (κ2) is 8.30. The lowest BCUT2D eigenvalue weighted by molar-refractivity contribution is -0.114. The fourth-order valence-electron chi connectivity index (χ4n) is 5.29. The van der Waals surface area contributed by atoms with E-state index in [2.05, 4.69) is 23.5 Å². The number of anilines is 1. The summed E-state index contributed by atoms with van der Waals surface area (Å²) in [6.45, 7) is 9.16. The summed E-state index contributed by atoms with van der Waals surface area (Å²) in [7, 11) is -2.57. The van der Waals surface area contributed by atoms with Gasteiger partial charge in [-0.1, -0.05) is 26.0 Å². The summed E-state index contributed by atoms with van der Waals surface area (Å²) < 4.78 is 16.1. The van der Waals surface area contributed by atoms with Gasteiger partial charge in [-0.25, -0.2) is 4.79 Å². The van der Waals surface area contributed by atoms with Gasteiger partial charge in [-0.15, -0.1) is 4.36 Å². The molecule has 0 fully saturated rings. The molecule has 0 radical (unpaired) electrons. The average Bonchev–Trinajstić information content (AvgIpc) is 3.31.